The SMILES string of the molecule is CCCCCCCCCC/C=C\CCCCCCCCCCCC(=O)OCC(COC(=O)CCCCCCC)OC(=O)CCCCCCCCCCCCCCCCCCCCCC. The first-order valence-electron chi connectivity index (χ1n) is 28.7. The van der Waals surface area contributed by atoms with Crippen molar-refractivity contribution in [3.63, 3.8) is 0 Å². The normalized spacial score (nSPS) is 12.0. The highest BCUT2D eigenvalue weighted by atomic mass is 16.6. The molecule has 0 spiro atoms. The van der Waals surface area contributed by atoms with Crippen LogP contribution in [-0.4, -0.2) is 37.2 Å². The van der Waals surface area contributed by atoms with Crippen molar-refractivity contribution in [3.8, 4) is 0 Å². The van der Waals surface area contributed by atoms with Crippen LogP contribution >= 0.6 is 0 Å². The lowest BCUT2D eigenvalue weighted by molar-refractivity contribution is -0.167. The van der Waals surface area contributed by atoms with Gasteiger partial charge in [-0.25, -0.2) is 0 Å². The van der Waals surface area contributed by atoms with E-state index >= 15 is 0 Å². The van der Waals surface area contributed by atoms with E-state index in [0.717, 1.165) is 64.2 Å². The summed E-state index contributed by atoms with van der Waals surface area (Å²) in [6.45, 7) is 6.61. The molecule has 0 aliphatic rings. The first-order chi connectivity index (χ1) is 31.5. The predicted octanol–water partition coefficient (Wildman–Crippen LogP) is 18.9. The number of rotatable bonds is 53. The molecule has 0 bridgehead atoms. The minimum atomic E-state index is -0.763. The van der Waals surface area contributed by atoms with Gasteiger partial charge in [-0.05, 0) is 44.9 Å². The second kappa shape index (κ2) is 53.8. The number of carbonyl (C=O) groups is 3. The van der Waals surface area contributed by atoms with Crippen LogP contribution in [0.4, 0.5) is 0 Å². The Morgan fingerprint density at radius 2 is 0.516 bits per heavy atom. The summed E-state index contributed by atoms with van der Waals surface area (Å²) in [5.41, 5.74) is 0. The molecule has 0 aromatic heterocycles. The topological polar surface area (TPSA) is 78.9 Å². The quantitative estimate of drug-likeness (QED) is 0.0262. The Kier molecular flexibility index (Phi) is 52.2. The maximum Gasteiger partial charge on any atom is 0.306 e. The molecule has 0 N–H and O–H groups in total. The first kappa shape index (κ1) is 62.1. The van der Waals surface area contributed by atoms with Crippen LogP contribution in [0.25, 0.3) is 0 Å². The molecular weight excluding hydrogens is 793 g/mol. The van der Waals surface area contributed by atoms with Gasteiger partial charge in [-0.15, -0.1) is 0 Å². The highest BCUT2D eigenvalue weighted by molar-refractivity contribution is 5.71. The Labute approximate surface area is 399 Å². The van der Waals surface area contributed by atoms with Crippen molar-refractivity contribution in [3.05, 3.63) is 12.2 Å². The van der Waals surface area contributed by atoms with Crippen LogP contribution in [0.5, 0.6) is 0 Å². The zero-order valence-electron chi connectivity index (χ0n) is 43.3. The summed E-state index contributed by atoms with van der Waals surface area (Å²) in [7, 11) is 0. The van der Waals surface area contributed by atoms with Crippen LogP contribution in [0.2, 0.25) is 0 Å². The second-order valence-corrected chi connectivity index (χ2v) is 19.6. The van der Waals surface area contributed by atoms with Crippen molar-refractivity contribution >= 4 is 17.9 Å². The largest absolute Gasteiger partial charge is 0.462 e. The maximum absolute atomic E-state index is 12.8. The Hall–Kier alpha value is -1.85. The van der Waals surface area contributed by atoms with Gasteiger partial charge in [-0.3, -0.25) is 14.4 Å². The molecule has 1 atom stereocenters. The van der Waals surface area contributed by atoms with Gasteiger partial charge in [0.15, 0.2) is 6.10 Å². The van der Waals surface area contributed by atoms with Gasteiger partial charge in [0.2, 0.25) is 0 Å². The average Bonchev–Trinajstić information content (AvgIpc) is 3.29. The van der Waals surface area contributed by atoms with E-state index in [0.29, 0.717) is 19.3 Å². The van der Waals surface area contributed by atoms with Crippen LogP contribution in [0.15, 0.2) is 12.2 Å². The van der Waals surface area contributed by atoms with Crippen molar-refractivity contribution in [2.75, 3.05) is 13.2 Å². The fourth-order valence-electron chi connectivity index (χ4n) is 8.68. The number of ether oxygens (including phenoxy) is 3. The second-order valence-electron chi connectivity index (χ2n) is 19.6. The molecule has 0 rings (SSSR count). The zero-order valence-corrected chi connectivity index (χ0v) is 43.3. The molecule has 378 valence electrons. The lowest BCUT2D eigenvalue weighted by Crippen LogP contribution is -2.30. The third-order valence-electron chi connectivity index (χ3n) is 13.0. The summed E-state index contributed by atoms with van der Waals surface area (Å²) in [4.78, 5) is 37.8. The lowest BCUT2D eigenvalue weighted by atomic mass is 10.0. The molecule has 0 saturated heterocycles. The third-order valence-corrected chi connectivity index (χ3v) is 13.0. The molecular formula is C58H110O6. The van der Waals surface area contributed by atoms with Crippen molar-refractivity contribution in [2.24, 2.45) is 0 Å². The molecule has 0 radical (unpaired) electrons. The molecule has 0 fully saturated rings. The minimum absolute atomic E-state index is 0.0668. The summed E-state index contributed by atoms with van der Waals surface area (Å²) < 4.78 is 16.7. The van der Waals surface area contributed by atoms with E-state index in [4.69, 9.17) is 14.2 Å². The van der Waals surface area contributed by atoms with Crippen LogP contribution < -0.4 is 0 Å². The van der Waals surface area contributed by atoms with E-state index in [1.54, 1.807) is 0 Å². The molecule has 0 aliphatic carbocycles. The predicted molar refractivity (Wildman–Crippen MR) is 275 cm³/mol. The Bertz CT molecular complexity index is 993. The molecule has 1 unspecified atom stereocenters. The Morgan fingerprint density at radius 1 is 0.297 bits per heavy atom. The number of hydrogen-bond acceptors (Lipinski definition) is 6. The summed E-state index contributed by atoms with van der Waals surface area (Å²) in [6, 6.07) is 0. The van der Waals surface area contributed by atoms with Crippen molar-refractivity contribution in [1.82, 2.24) is 0 Å². The van der Waals surface area contributed by atoms with Crippen LogP contribution in [-0.2, 0) is 28.6 Å². The highest BCUT2D eigenvalue weighted by Crippen LogP contribution is 2.17. The standard InChI is InChI=1S/C58H110O6/c1-4-7-10-13-15-17-19-21-23-25-27-29-31-32-34-36-38-40-42-45-48-51-57(60)63-54-55(53-62-56(59)50-47-44-12-9-6-3)64-58(61)52-49-46-43-41-39-37-35-33-30-28-26-24-22-20-18-16-14-11-8-5-2/h25,27,55H,4-24,26,28-54H2,1-3H3/b27-25-. The fraction of sp³-hybridized carbons (Fsp3) is 0.914. The monoisotopic (exact) mass is 903 g/mol. The van der Waals surface area contributed by atoms with Gasteiger partial charge in [0.05, 0.1) is 0 Å². The molecule has 0 aromatic carbocycles. The molecule has 0 aliphatic heterocycles. The molecule has 0 aromatic rings. The van der Waals surface area contributed by atoms with E-state index in [1.165, 1.54) is 218 Å². The smallest absolute Gasteiger partial charge is 0.306 e. The molecule has 64 heavy (non-hydrogen) atoms. The molecule has 0 heterocycles. The minimum Gasteiger partial charge on any atom is -0.462 e. The number of unbranched alkanes of at least 4 members (excludes halogenated alkanes) is 40. The summed E-state index contributed by atoms with van der Waals surface area (Å²) in [5.74, 6) is -0.862. The van der Waals surface area contributed by atoms with Gasteiger partial charge in [0, 0.05) is 19.3 Å². The highest BCUT2D eigenvalue weighted by Gasteiger charge is 2.19. The molecule has 6 nitrogen and oxygen atoms in total. The summed E-state index contributed by atoms with van der Waals surface area (Å²) >= 11 is 0. The summed E-state index contributed by atoms with van der Waals surface area (Å²) in [6.07, 6.45) is 61.1. The number of esters is 3. The molecule has 6 heteroatoms. The average molecular weight is 904 g/mol. The van der Waals surface area contributed by atoms with Gasteiger partial charge in [-0.2, -0.15) is 0 Å². The fourth-order valence-corrected chi connectivity index (χ4v) is 8.68. The number of hydrogen-bond donors (Lipinski definition) is 0. The first-order valence-corrected chi connectivity index (χ1v) is 28.7. The third kappa shape index (κ3) is 51.1. The molecule has 0 saturated carbocycles. The van der Waals surface area contributed by atoms with Gasteiger partial charge >= 0.3 is 17.9 Å². The van der Waals surface area contributed by atoms with Crippen LogP contribution in [0.3, 0.4) is 0 Å². The van der Waals surface area contributed by atoms with Gasteiger partial charge in [-0.1, -0.05) is 270 Å². The lowest BCUT2D eigenvalue weighted by Gasteiger charge is -2.18. The zero-order chi connectivity index (χ0) is 46.5. The van der Waals surface area contributed by atoms with Crippen LogP contribution in [0, 0.1) is 0 Å². The van der Waals surface area contributed by atoms with Crippen LogP contribution in [0.1, 0.15) is 323 Å². The Morgan fingerprint density at radius 3 is 0.781 bits per heavy atom. The maximum atomic E-state index is 12.8. The van der Waals surface area contributed by atoms with E-state index in [9.17, 15) is 14.4 Å². The number of allylic oxidation sites excluding steroid dienone is 2. The van der Waals surface area contributed by atoms with E-state index in [2.05, 4.69) is 32.9 Å². The summed E-state index contributed by atoms with van der Waals surface area (Å²) in [5, 5.41) is 0. The Balaban J connectivity index is 4.05. The van der Waals surface area contributed by atoms with E-state index < -0.39 is 6.10 Å². The molecule has 0 amide bonds. The van der Waals surface area contributed by atoms with E-state index in [-0.39, 0.29) is 31.1 Å². The van der Waals surface area contributed by atoms with Crippen molar-refractivity contribution in [2.45, 2.75) is 329 Å². The van der Waals surface area contributed by atoms with Crippen molar-refractivity contribution < 1.29 is 28.6 Å². The van der Waals surface area contributed by atoms with Gasteiger partial charge in [0.1, 0.15) is 13.2 Å². The van der Waals surface area contributed by atoms with E-state index in [1.807, 2.05) is 0 Å². The van der Waals surface area contributed by atoms with Gasteiger partial charge in [0.25, 0.3) is 0 Å². The number of carbonyl (C=O) groups excluding carboxylic acids is 3. The van der Waals surface area contributed by atoms with Gasteiger partial charge < -0.3 is 14.2 Å². The van der Waals surface area contributed by atoms with Crippen molar-refractivity contribution in [1.29, 1.82) is 0 Å².